The summed E-state index contributed by atoms with van der Waals surface area (Å²) >= 11 is 7.90. The lowest BCUT2D eigenvalue weighted by Gasteiger charge is -2.49. The van der Waals surface area contributed by atoms with Crippen LogP contribution in [0.5, 0.6) is 5.75 Å². The van der Waals surface area contributed by atoms with Gasteiger partial charge in [0.1, 0.15) is 17.3 Å². The van der Waals surface area contributed by atoms with Gasteiger partial charge in [-0.05, 0) is 104 Å². The second-order valence-corrected chi connectivity index (χ2v) is 17.6. The van der Waals surface area contributed by atoms with Crippen molar-refractivity contribution >= 4 is 73.8 Å². The fraction of sp³-hybridized carbons (Fsp3) is 0.341. The summed E-state index contributed by atoms with van der Waals surface area (Å²) in [6.07, 6.45) is 2.58. The lowest BCUT2D eigenvalue weighted by atomic mass is 9.51. The van der Waals surface area contributed by atoms with Crippen molar-refractivity contribution in [2.75, 3.05) is 41.0 Å². The molecule has 1 saturated carbocycles. The number of imide groups is 2. The Morgan fingerprint density at radius 1 is 0.895 bits per heavy atom. The molecule has 6 atom stereocenters. The second-order valence-electron chi connectivity index (χ2n) is 16.1. The van der Waals surface area contributed by atoms with Crippen LogP contribution in [0.4, 0.5) is 17.2 Å². The van der Waals surface area contributed by atoms with E-state index < -0.39 is 35.0 Å². The Balaban J connectivity index is 1.03. The van der Waals surface area contributed by atoms with Crippen LogP contribution in [0.3, 0.4) is 0 Å². The van der Waals surface area contributed by atoms with Gasteiger partial charge < -0.3 is 14.7 Å². The van der Waals surface area contributed by atoms with Gasteiger partial charge in [0.05, 0.1) is 46.9 Å². The van der Waals surface area contributed by atoms with Crippen LogP contribution in [0, 0.1) is 36.0 Å². The predicted octanol–water partition coefficient (Wildman–Crippen LogP) is 7.24. The molecule has 57 heavy (non-hydrogen) atoms. The Labute approximate surface area is 338 Å². The second kappa shape index (κ2) is 13.1. The summed E-state index contributed by atoms with van der Waals surface area (Å²) in [7, 11) is 1.73. The van der Waals surface area contributed by atoms with Crippen molar-refractivity contribution in [3.8, 4) is 16.3 Å². The molecule has 5 aromatic rings. The molecule has 2 aliphatic carbocycles. The number of aromatic hydroxyl groups is 1. The normalized spacial score (nSPS) is 27.3. The molecule has 2 aromatic heterocycles. The SMILES string of the molecule is Cc1c(-c2cc(N3C(=O)C4CC5C(=CCC6C(=O)N(c7ccc(N8CCOCC8)cc7)C(=O)C65)C(c5cccc(O)c5)C4(C)C3=O)n(C)n2)sc2ccc(Cl)cc12. The van der Waals surface area contributed by atoms with E-state index in [0.29, 0.717) is 47.4 Å². The molecule has 5 aliphatic rings. The zero-order chi connectivity index (χ0) is 39.5. The number of allylic oxidation sites excluding steroid dienone is 2. The van der Waals surface area contributed by atoms with Gasteiger partial charge in [-0.1, -0.05) is 35.4 Å². The zero-order valence-electron chi connectivity index (χ0n) is 31.6. The quantitative estimate of drug-likeness (QED) is 0.146. The summed E-state index contributed by atoms with van der Waals surface area (Å²) in [5.41, 5.74) is 3.45. The molecule has 3 saturated heterocycles. The van der Waals surface area contributed by atoms with E-state index in [2.05, 4.69) is 4.90 Å². The molecule has 3 aromatic carbocycles. The van der Waals surface area contributed by atoms with Crippen molar-refractivity contribution < 1.29 is 29.0 Å². The number of ether oxygens (including phenoxy) is 1. The van der Waals surface area contributed by atoms with Gasteiger partial charge in [-0.15, -0.1) is 11.3 Å². The Kier molecular flexibility index (Phi) is 8.30. The third-order valence-electron chi connectivity index (χ3n) is 13.2. The molecule has 6 unspecified atom stereocenters. The number of phenolic OH excluding ortho intramolecular Hbond substituents is 1. The molecule has 3 aliphatic heterocycles. The number of fused-ring (bicyclic) bond motifs is 5. The summed E-state index contributed by atoms with van der Waals surface area (Å²) < 4.78 is 8.13. The summed E-state index contributed by atoms with van der Waals surface area (Å²) in [5, 5.41) is 17.2. The number of aryl methyl sites for hydroxylation is 2. The van der Waals surface area contributed by atoms with Crippen LogP contribution in [0.1, 0.15) is 36.8 Å². The third kappa shape index (κ3) is 5.29. The molecule has 5 heterocycles. The Morgan fingerprint density at radius 3 is 2.40 bits per heavy atom. The molecule has 0 radical (unpaired) electrons. The number of nitrogens with zero attached hydrogens (tertiary/aromatic N) is 5. The molecular formula is C44H40ClN5O6S. The Bertz CT molecular complexity index is 2570. The number of hydrogen-bond acceptors (Lipinski definition) is 9. The van der Waals surface area contributed by atoms with Crippen molar-refractivity contribution in [1.29, 1.82) is 0 Å². The number of rotatable bonds is 5. The standard InChI is InChI=1S/C44H40ClN5O6S/c1-23-31-20-25(45)7-14-35(31)57-39(23)34-22-36(47(3)46-34)50-41(53)33-21-32-29(38(44(33,2)43(50)55)24-5-4-6-28(51)19-24)12-13-30-37(32)42(54)49(40(30)52)27-10-8-26(9-11-27)48-15-17-56-18-16-48/h4-12,14,19-20,22,30,32-33,37-38,51H,13,15-18,21H2,1-3H3. The number of halogens is 1. The lowest BCUT2D eigenvalue weighted by Crippen LogP contribution is -2.48. The van der Waals surface area contributed by atoms with Gasteiger partial charge in [0.15, 0.2) is 0 Å². The van der Waals surface area contributed by atoms with Gasteiger partial charge in [0, 0.05) is 47.5 Å². The highest BCUT2D eigenvalue weighted by Gasteiger charge is 2.68. The maximum Gasteiger partial charge on any atom is 0.242 e. The van der Waals surface area contributed by atoms with E-state index in [-0.39, 0.29) is 35.8 Å². The summed E-state index contributed by atoms with van der Waals surface area (Å²) in [4.78, 5) is 64.5. The first-order chi connectivity index (χ1) is 27.4. The van der Waals surface area contributed by atoms with Gasteiger partial charge in [-0.2, -0.15) is 5.10 Å². The van der Waals surface area contributed by atoms with Crippen LogP contribution < -0.4 is 14.7 Å². The van der Waals surface area contributed by atoms with Crippen molar-refractivity contribution in [1.82, 2.24) is 9.78 Å². The molecule has 4 amide bonds. The fourth-order valence-corrected chi connectivity index (χ4v) is 11.7. The number of aromatic nitrogens is 2. The number of hydrogen-bond donors (Lipinski definition) is 1. The van der Waals surface area contributed by atoms with Crippen molar-refractivity contribution in [2.24, 2.45) is 36.1 Å². The van der Waals surface area contributed by atoms with Gasteiger partial charge in [-0.25, -0.2) is 4.90 Å². The van der Waals surface area contributed by atoms with Crippen LogP contribution >= 0.6 is 22.9 Å². The number of carbonyl (C=O) groups is 4. The highest BCUT2D eigenvalue weighted by atomic mass is 35.5. The fourth-order valence-electron chi connectivity index (χ4n) is 10.4. The van der Waals surface area contributed by atoms with E-state index in [1.54, 1.807) is 47.3 Å². The van der Waals surface area contributed by atoms with E-state index in [1.165, 1.54) is 9.80 Å². The van der Waals surface area contributed by atoms with E-state index in [4.69, 9.17) is 21.4 Å². The molecular weight excluding hydrogens is 762 g/mol. The Hall–Kier alpha value is -5.30. The molecule has 290 valence electrons. The van der Waals surface area contributed by atoms with Gasteiger partial charge >= 0.3 is 0 Å². The molecule has 11 nitrogen and oxygen atoms in total. The third-order valence-corrected chi connectivity index (χ3v) is 14.7. The van der Waals surface area contributed by atoms with Crippen LogP contribution in [0.15, 0.2) is 84.4 Å². The minimum Gasteiger partial charge on any atom is -0.508 e. The first-order valence-electron chi connectivity index (χ1n) is 19.4. The maximum absolute atomic E-state index is 15.1. The average Bonchev–Trinajstić information content (AvgIpc) is 3.88. The highest BCUT2D eigenvalue weighted by molar-refractivity contribution is 7.22. The van der Waals surface area contributed by atoms with E-state index in [1.807, 2.05) is 68.5 Å². The van der Waals surface area contributed by atoms with Gasteiger partial charge in [-0.3, -0.25) is 28.8 Å². The summed E-state index contributed by atoms with van der Waals surface area (Å²) in [5.74, 6) is -4.10. The predicted molar refractivity (Wildman–Crippen MR) is 218 cm³/mol. The maximum atomic E-state index is 15.1. The van der Waals surface area contributed by atoms with Crippen molar-refractivity contribution in [3.05, 3.63) is 101 Å². The molecule has 1 N–H and O–H groups in total. The van der Waals surface area contributed by atoms with Crippen LogP contribution in [0.2, 0.25) is 5.02 Å². The van der Waals surface area contributed by atoms with E-state index >= 15 is 4.79 Å². The van der Waals surface area contributed by atoms with Crippen LogP contribution in [-0.2, 0) is 31.0 Å². The van der Waals surface area contributed by atoms with Crippen LogP contribution in [0.25, 0.3) is 20.7 Å². The Morgan fingerprint density at radius 2 is 1.65 bits per heavy atom. The zero-order valence-corrected chi connectivity index (χ0v) is 33.2. The molecule has 13 heteroatoms. The van der Waals surface area contributed by atoms with Gasteiger partial charge in [0.2, 0.25) is 23.6 Å². The first-order valence-corrected chi connectivity index (χ1v) is 20.6. The molecule has 10 rings (SSSR count). The number of thiophene rings is 1. The van der Waals surface area contributed by atoms with Crippen molar-refractivity contribution in [2.45, 2.75) is 32.6 Å². The highest BCUT2D eigenvalue weighted by Crippen LogP contribution is 2.64. The first kappa shape index (κ1) is 36.1. The number of benzene rings is 3. The lowest BCUT2D eigenvalue weighted by molar-refractivity contribution is -0.131. The average molecular weight is 802 g/mol. The number of carbonyl (C=O) groups excluding carboxylic acids is 4. The number of amides is 4. The van der Waals surface area contributed by atoms with Gasteiger partial charge in [0.25, 0.3) is 0 Å². The minimum absolute atomic E-state index is 0.0350. The largest absolute Gasteiger partial charge is 0.508 e. The van der Waals surface area contributed by atoms with E-state index in [9.17, 15) is 19.5 Å². The monoisotopic (exact) mass is 801 g/mol. The molecule has 4 fully saturated rings. The number of anilines is 3. The van der Waals surface area contributed by atoms with Crippen molar-refractivity contribution in [3.63, 3.8) is 0 Å². The minimum atomic E-state index is -1.25. The summed E-state index contributed by atoms with van der Waals surface area (Å²) in [6, 6.07) is 21.9. The molecule has 0 spiro atoms. The van der Waals surface area contributed by atoms with E-state index in [0.717, 1.165) is 44.9 Å². The van der Waals surface area contributed by atoms with Crippen LogP contribution in [-0.4, -0.2) is 64.8 Å². The molecule has 0 bridgehead atoms. The topological polar surface area (TPSA) is 125 Å². The smallest absolute Gasteiger partial charge is 0.242 e. The number of morpholine rings is 1. The summed E-state index contributed by atoms with van der Waals surface area (Å²) in [6.45, 7) is 6.68. The number of phenols is 1.